The van der Waals surface area contributed by atoms with Crippen LogP contribution in [0.4, 0.5) is 5.82 Å². The Kier molecular flexibility index (Phi) is 6.44. The molecule has 0 aliphatic carbocycles. The number of anilines is 1. The SMILES string of the molecule is CN1CCCN(c2ccc(CNC(=O)Cc3ccc(-n4cccc4)cc3)cn2)CC1. The summed E-state index contributed by atoms with van der Waals surface area (Å²) in [4.78, 5) is 21.6. The van der Waals surface area contributed by atoms with E-state index in [4.69, 9.17) is 0 Å². The molecule has 0 bridgehead atoms. The first-order valence-electron chi connectivity index (χ1n) is 10.5. The summed E-state index contributed by atoms with van der Waals surface area (Å²) in [7, 11) is 2.17. The van der Waals surface area contributed by atoms with Crippen LogP contribution in [0.15, 0.2) is 67.1 Å². The minimum atomic E-state index is 0.0170. The van der Waals surface area contributed by atoms with Gasteiger partial charge in [0.05, 0.1) is 6.42 Å². The van der Waals surface area contributed by atoms with E-state index in [1.54, 1.807) is 0 Å². The molecule has 3 aromatic rings. The van der Waals surface area contributed by atoms with Gasteiger partial charge in [-0.15, -0.1) is 0 Å². The lowest BCUT2D eigenvalue weighted by atomic mass is 10.1. The fraction of sp³-hybridized carbons (Fsp3) is 0.333. The maximum absolute atomic E-state index is 12.3. The van der Waals surface area contributed by atoms with Gasteiger partial charge in [-0.25, -0.2) is 4.98 Å². The summed E-state index contributed by atoms with van der Waals surface area (Å²) in [5.74, 6) is 1.03. The van der Waals surface area contributed by atoms with Crippen LogP contribution in [-0.2, 0) is 17.8 Å². The minimum absolute atomic E-state index is 0.0170. The summed E-state index contributed by atoms with van der Waals surface area (Å²) < 4.78 is 2.05. The first-order chi connectivity index (χ1) is 14.7. The summed E-state index contributed by atoms with van der Waals surface area (Å²) in [5.41, 5.74) is 3.11. The van der Waals surface area contributed by atoms with Gasteiger partial charge in [0, 0.05) is 50.5 Å². The molecule has 156 valence electrons. The molecule has 6 heteroatoms. The number of benzene rings is 1. The maximum Gasteiger partial charge on any atom is 0.224 e. The Morgan fingerprint density at radius 2 is 1.73 bits per heavy atom. The molecule has 1 saturated heterocycles. The third-order valence-corrected chi connectivity index (χ3v) is 5.55. The number of carbonyl (C=O) groups is 1. The van der Waals surface area contributed by atoms with Crippen LogP contribution in [0.1, 0.15) is 17.5 Å². The Balaban J connectivity index is 1.26. The number of nitrogens with zero attached hydrogens (tertiary/aromatic N) is 4. The lowest BCUT2D eigenvalue weighted by molar-refractivity contribution is -0.120. The molecule has 1 aromatic carbocycles. The summed E-state index contributed by atoms with van der Waals surface area (Å²) in [6, 6.07) is 16.2. The minimum Gasteiger partial charge on any atom is -0.355 e. The summed E-state index contributed by atoms with van der Waals surface area (Å²) in [5, 5.41) is 3.00. The van der Waals surface area contributed by atoms with Crippen molar-refractivity contribution in [2.45, 2.75) is 19.4 Å². The van der Waals surface area contributed by atoms with Crippen molar-refractivity contribution >= 4 is 11.7 Å². The molecule has 0 spiro atoms. The highest BCUT2D eigenvalue weighted by Crippen LogP contribution is 2.14. The molecular formula is C24H29N5O. The van der Waals surface area contributed by atoms with Crippen molar-refractivity contribution in [1.82, 2.24) is 19.8 Å². The summed E-state index contributed by atoms with van der Waals surface area (Å²) >= 11 is 0. The number of pyridine rings is 1. The molecular weight excluding hydrogens is 374 g/mol. The fourth-order valence-corrected chi connectivity index (χ4v) is 3.73. The number of likely N-dealkylation sites (N-methyl/N-ethyl adjacent to an activating group) is 1. The van der Waals surface area contributed by atoms with Gasteiger partial charge < -0.3 is 19.7 Å². The van der Waals surface area contributed by atoms with Gasteiger partial charge in [-0.05, 0) is 61.5 Å². The lowest BCUT2D eigenvalue weighted by Crippen LogP contribution is -2.29. The Bertz CT molecular complexity index is 935. The molecule has 0 atom stereocenters. The van der Waals surface area contributed by atoms with E-state index >= 15 is 0 Å². The molecule has 0 saturated carbocycles. The molecule has 4 rings (SSSR count). The van der Waals surface area contributed by atoms with E-state index in [-0.39, 0.29) is 5.91 Å². The van der Waals surface area contributed by atoms with Gasteiger partial charge >= 0.3 is 0 Å². The number of nitrogens with one attached hydrogen (secondary N) is 1. The molecule has 3 heterocycles. The lowest BCUT2D eigenvalue weighted by Gasteiger charge is -2.21. The highest BCUT2D eigenvalue weighted by molar-refractivity contribution is 5.78. The predicted molar refractivity (Wildman–Crippen MR) is 120 cm³/mol. The standard InChI is InChI=1S/C24H29N5O/c1-27-11-4-14-29(16-15-27)23-10-7-21(18-25-23)19-26-24(30)17-20-5-8-22(9-6-20)28-12-2-3-13-28/h2-3,5-10,12-13,18H,4,11,14-17,19H2,1H3,(H,26,30). The smallest absolute Gasteiger partial charge is 0.224 e. The molecule has 1 N–H and O–H groups in total. The van der Waals surface area contributed by atoms with E-state index in [1.165, 1.54) is 0 Å². The van der Waals surface area contributed by atoms with E-state index in [2.05, 4.69) is 39.3 Å². The van der Waals surface area contributed by atoms with E-state index in [0.29, 0.717) is 13.0 Å². The van der Waals surface area contributed by atoms with Crippen LogP contribution in [0, 0.1) is 0 Å². The number of rotatable bonds is 6. The van der Waals surface area contributed by atoms with Gasteiger partial charge in [-0.2, -0.15) is 0 Å². The number of hydrogen-bond acceptors (Lipinski definition) is 4. The second-order valence-electron chi connectivity index (χ2n) is 7.88. The average Bonchev–Trinajstić information content (AvgIpc) is 3.22. The van der Waals surface area contributed by atoms with Crippen LogP contribution in [0.2, 0.25) is 0 Å². The van der Waals surface area contributed by atoms with Crippen molar-refractivity contribution < 1.29 is 4.79 Å². The molecule has 1 amide bonds. The van der Waals surface area contributed by atoms with Crippen molar-refractivity contribution in [3.8, 4) is 5.69 Å². The second kappa shape index (κ2) is 9.59. The quantitative estimate of drug-likeness (QED) is 0.688. The highest BCUT2D eigenvalue weighted by Gasteiger charge is 2.13. The molecule has 0 radical (unpaired) electrons. The molecule has 2 aromatic heterocycles. The first-order valence-corrected chi connectivity index (χ1v) is 10.5. The van der Waals surface area contributed by atoms with Crippen LogP contribution in [0.5, 0.6) is 0 Å². The van der Waals surface area contributed by atoms with Crippen LogP contribution in [-0.4, -0.2) is 53.6 Å². The predicted octanol–water partition coefficient (Wildman–Crippen LogP) is 2.87. The zero-order chi connectivity index (χ0) is 20.8. The van der Waals surface area contributed by atoms with Crippen molar-refractivity contribution in [2.75, 3.05) is 38.1 Å². The normalized spacial score (nSPS) is 15.0. The number of amides is 1. The van der Waals surface area contributed by atoms with Gasteiger partial charge in [0.2, 0.25) is 5.91 Å². The Morgan fingerprint density at radius 3 is 2.47 bits per heavy atom. The number of hydrogen-bond donors (Lipinski definition) is 1. The zero-order valence-corrected chi connectivity index (χ0v) is 17.5. The third-order valence-electron chi connectivity index (χ3n) is 5.55. The van der Waals surface area contributed by atoms with Crippen molar-refractivity contribution in [2.24, 2.45) is 0 Å². The van der Waals surface area contributed by atoms with Crippen molar-refractivity contribution in [3.63, 3.8) is 0 Å². The molecule has 1 aliphatic rings. The Morgan fingerprint density at radius 1 is 0.967 bits per heavy atom. The second-order valence-corrected chi connectivity index (χ2v) is 7.88. The van der Waals surface area contributed by atoms with Crippen LogP contribution in [0.3, 0.4) is 0 Å². The molecule has 0 unspecified atom stereocenters. The fourth-order valence-electron chi connectivity index (χ4n) is 3.73. The van der Waals surface area contributed by atoms with Gasteiger partial charge in [0.1, 0.15) is 5.82 Å². The topological polar surface area (TPSA) is 53.4 Å². The van der Waals surface area contributed by atoms with Gasteiger partial charge in [-0.1, -0.05) is 18.2 Å². The van der Waals surface area contributed by atoms with Crippen LogP contribution >= 0.6 is 0 Å². The average molecular weight is 404 g/mol. The summed E-state index contributed by atoms with van der Waals surface area (Å²) in [6.07, 6.45) is 7.41. The molecule has 6 nitrogen and oxygen atoms in total. The van der Waals surface area contributed by atoms with E-state index in [9.17, 15) is 4.79 Å². The molecule has 1 fully saturated rings. The monoisotopic (exact) mass is 403 g/mol. The Labute approximate surface area is 178 Å². The first kappa shape index (κ1) is 20.2. The zero-order valence-electron chi connectivity index (χ0n) is 17.5. The summed E-state index contributed by atoms with van der Waals surface area (Å²) in [6.45, 7) is 4.73. The van der Waals surface area contributed by atoms with Crippen LogP contribution < -0.4 is 10.2 Å². The third kappa shape index (κ3) is 5.27. The van der Waals surface area contributed by atoms with Gasteiger partial charge in [0.15, 0.2) is 0 Å². The van der Waals surface area contributed by atoms with Gasteiger partial charge in [0.25, 0.3) is 0 Å². The van der Waals surface area contributed by atoms with E-state index in [1.807, 2.05) is 59.6 Å². The number of carbonyl (C=O) groups excluding carboxylic acids is 1. The maximum atomic E-state index is 12.3. The molecule has 30 heavy (non-hydrogen) atoms. The highest BCUT2D eigenvalue weighted by atomic mass is 16.1. The van der Waals surface area contributed by atoms with Crippen LogP contribution in [0.25, 0.3) is 5.69 Å². The largest absolute Gasteiger partial charge is 0.355 e. The van der Waals surface area contributed by atoms with E-state index < -0.39 is 0 Å². The number of aromatic nitrogens is 2. The van der Waals surface area contributed by atoms with Gasteiger partial charge in [-0.3, -0.25) is 4.79 Å². The van der Waals surface area contributed by atoms with Crippen molar-refractivity contribution in [3.05, 3.63) is 78.2 Å². The van der Waals surface area contributed by atoms with Crippen molar-refractivity contribution in [1.29, 1.82) is 0 Å². The van der Waals surface area contributed by atoms with E-state index in [0.717, 1.165) is 55.2 Å². The Hall–Kier alpha value is -3.12. The molecule has 1 aliphatic heterocycles.